The van der Waals surface area contributed by atoms with E-state index in [1.54, 1.807) is 31.1 Å². The average Bonchev–Trinajstić information content (AvgIpc) is 3.53. The van der Waals surface area contributed by atoms with Gasteiger partial charge in [-0.05, 0) is 36.8 Å². The highest BCUT2D eigenvalue weighted by molar-refractivity contribution is 7.17. The molecule has 5 rings (SSSR count). The molecule has 0 radical (unpaired) electrons. The highest BCUT2D eigenvalue weighted by Gasteiger charge is 2.33. The monoisotopic (exact) mass is 453 g/mol. The Morgan fingerprint density at radius 1 is 1.22 bits per heavy atom. The summed E-state index contributed by atoms with van der Waals surface area (Å²) in [5, 5.41) is 15.3. The van der Waals surface area contributed by atoms with Crippen molar-refractivity contribution in [1.29, 1.82) is 0 Å². The second-order valence-electron chi connectivity index (χ2n) is 7.63. The van der Waals surface area contributed by atoms with E-state index >= 15 is 0 Å². The summed E-state index contributed by atoms with van der Waals surface area (Å²) in [6, 6.07) is 11.0. The first-order chi connectivity index (χ1) is 15.5. The molecule has 4 heterocycles. The van der Waals surface area contributed by atoms with Gasteiger partial charge in [-0.3, -0.25) is 9.69 Å². The van der Waals surface area contributed by atoms with Gasteiger partial charge < -0.3 is 19.2 Å². The molecule has 1 fully saturated rings. The first kappa shape index (κ1) is 20.5. The maximum Gasteiger partial charge on any atom is 0.289 e. The molecule has 32 heavy (non-hydrogen) atoms. The zero-order valence-electron chi connectivity index (χ0n) is 17.8. The molecule has 10 heteroatoms. The smallest absolute Gasteiger partial charge is 0.289 e. The van der Waals surface area contributed by atoms with Crippen LogP contribution >= 0.6 is 11.3 Å². The molecule has 9 nitrogen and oxygen atoms in total. The molecule has 1 atom stereocenters. The maximum absolute atomic E-state index is 12.7. The summed E-state index contributed by atoms with van der Waals surface area (Å²) in [4.78, 5) is 22.6. The van der Waals surface area contributed by atoms with Crippen molar-refractivity contribution >= 4 is 22.2 Å². The van der Waals surface area contributed by atoms with Gasteiger partial charge in [0.05, 0.1) is 24.3 Å². The minimum absolute atomic E-state index is 0.0903. The lowest BCUT2D eigenvalue weighted by atomic mass is 10.0. The van der Waals surface area contributed by atoms with Gasteiger partial charge in [-0.2, -0.15) is 4.52 Å². The van der Waals surface area contributed by atoms with E-state index < -0.39 is 0 Å². The molecule has 166 valence electrons. The van der Waals surface area contributed by atoms with Crippen LogP contribution in [0.1, 0.15) is 32.9 Å². The van der Waals surface area contributed by atoms with E-state index in [0.717, 1.165) is 16.2 Å². The molecule has 1 saturated heterocycles. The van der Waals surface area contributed by atoms with Gasteiger partial charge >= 0.3 is 0 Å². The van der Waals surface area contributed by atoms with Crippen molar-refractivity contribution in [2.75, 3.05) is 33.3 Å². The molecule has 1 aliphatic heterocycles. The van der Waals surface area contributed by atoms with Gasteiger partial charge in [0.15, 0.2) is 5.76 Å². The largest absolute Gasteiger partial charge is 0.497 e. The van der Waals surface area contributed by atoms with Gasteiger partial charge in [-0.25, -0.2) is 4.98 Å². The van der Waals surface area contributed by atoms with Crippen molar-refractivity contribution in [2.45, 2.75) is 13.0 Å². The first-order valence-corrected chi connectivity index (χ1v) is 11.1. The molecule has 0 saturated carbocycles. The molecular formula is C22H23N5O4S. The lowest BCUT2D eigenvalue weighted by Crippen LogP contribution is -2.49. The zero-order chi connectivity index (χ0) is 22.2. The standard InChI is InChI=1S/C22H23N5O4S/c1-14-23-22-27(24-14)21(29)19(32-22)18(15-5-3-6-16(13-15)30-2)25-8-10-26(11-9-25)20(28)17-7-4-12-31-17/h3-7,12-13,18,29H,8-11H2,1-2H3/t18-/m1/s1. The third kappa shape index (κ3) is 3.61. The number of fused-ring (bicyclic) bond motifs is 1. The second-order valence-corrected chi connectivity index (χ2v) is 8.64. The van der Waals surface area contributed by atoms with Crippen molar-refractivity contribution in [3.05, 3.63) is 64.7 Å². The first-order valence-electron chi connectivity index (χ1n) is 10.3. The van der Waals surface area contributed by atoms with E-state index in [1.807, 2.05) is 24.3 Å². The van der Waals surface area contributed by atoms with Crippen LogP contribution in [-0.2, 0) is 0 Å². The normalized spacial score (nSPS) is 15.9. The summed E-state index contributed by atoms with van der Waals surface area (Å²) in [7, 11) is 1.64. The Morgan fingerprint density at radius 3 is 2.72 bits per heavy atom. The summed E-state index contributed by atoms with van der Waals surface area (Å²) in [6.07, 6.45) is 1.51. The fourth-order valence-corrected chi connectivity index (χ4v) is 5.27. The highest BCUT2D eigenvalue weighted by atomic mass is 32.1. The Bertz CT molecular complexity index is 1240. The van der Waals surface area contributed by atoms with Crippen LogP contribution in [0, 0.1) is 6.92 Å². The number of piperazine rings is 1. The quantitative estimate of drug-likeness (QED) is 0.496. The van der Waals surface area contributed by atoms with Crippen LogP contribution in [0.4, 0.5) is 0 Å². The van der Waals surface area contributed by atoms with Gasteiger partial charge in [0, 0.05) is 26.2 Å². The van der Waals surface area contributed by atoms with Crippen LogP contribution in [0.3, 0.4) is 0 Å². The van der Waals surface area contributed by atoms with Gasteiger partial charge in [0.2, 0.25) is 10.8 Å². The van der Waals surface area contributed by atoms with Crippen molar-refractivity contribution in [3.63, 3.8) is 0 Å². The van der Waals surface area contributed by atoms with E-state index in [9.17, 15) is 9.90 Å². The number of hydrogen-bond acceptors (Lipinski definition) is 8. The second kappa shape index (κ2) is 8.29. The van der Waals surface area contributed by atoms with Gasteiger partial charge in [-0.1, -0.05) is 23.5 Å². The number of rotatable bonds is 5. The van der Waals surface area contributed by atoms with Crippen molar-refractivity contribution in [1.82, 2.24) is 24.4 Å². The zero-order valence-corrected chi connectivity index (χ0v) is 18.6. The van der Waals surface area contributed by atoms with Crippen LogP contribution in [0.2, 0.25) is 0 Å². The van der Waals surface area contributed by atoms with Crippen LogP contribution in [-0.4, -0.2) is 68.7 Å². The Labute approximate surface area is 188 Å². The molecule has 1 aromatic carbocycles. The van der Waals surface area contributed by atoms with Crippen LogP contribution in [0.15, 0.2) is 47.1 Å². The molecule has 1 amide bonds. The highest BCUT2D eigenvalue weighted by Crippen LogP contribution is 2.41. The van der Waals surface area contributed by atoms with E-state index in [-0.39, 0.29) is 17.8 Å². The average molecular weight is 454 g/mol. The number of furan rings is 1. The Hall–Kier alpha value is -3.37. The summed E-state index contributed by atoms with van der Waals surface area (Å²) in [6.45, 7) is 4.19. The summed E-state index contributed by atoms with van der Waals surface area (Å²) in [5.74, 6) is 1.69. The van der Waals surface area contributed by atoms with Gasteiger partial charge in [0.1, 0.15) is 11.6 Å². The number of benzene rings is 1. The number of methoxy groups -OCH3 is 1. The molecule has 1 aliphatic rings. The number of nitrogens with zero attached hydrogens (tertiary/aromatic N) is 5. The third-order valence-electron chi connectivity index (χ3n) is 5.66. The Balaban J connectivity index is 1.47. The Morgan fingerprint density at radius 2 is 2.03 bits per heavy atom. The molecule has 0 unspecified atom stereocenters. The van der Waals surface area contributed by atoms with Crippen molar-refractivity contribution in [2.24, 2.45) is 0 Å². The van der Waals surface area contributed by atoms with Crippen LogP contribution in [0.25, 0.3) is 4.96 Å². The number of carbonyl (C=O) groups excluding carboxylic acids is 1. The SMILES string of the molecule is COc1cccc([C@H](c2sc3nc(C)nn3c2O)N2CCN(C(=O)c3ccco3)CC2)c1. The summed E-state index contributed by atoms with van der Waals surface area (Å²) < 4.78 is 12.2. The fourth-order valence-electron chi connectivity index (χ4n) is 4.11. The molecule has 0 aliphatic carbocycles. The number of aromatic hydroxyl groups is 1. The maximum atomic E-state index is 12.7. The topological polar surface area (TPSA) is 96.3 Å². The molecule has 3 aromatic heterocycles. The van der Waals surface area contributed by atoms with E-state index in [2.05, 4.69) is 15.0 Å². The van der Waals surface area contributed by atoms with E-state index in [0.29, 0.717) is 42.7 Å². The lowest BCUT2D eigenvalue weighted by molar-refractivity contribution is 0.0568. The number of amides is 1. The Kier molecular flexibility index (Phi) is 5.32. The minimum Gasteiger partial charge on any atom is -0.497 e. The van der Waals surface area contributed by atoms with E-state index in [4.69, 9.17) is 9.15 Å². The number of aryl methyl sites for hydroxylation is 1. The number of thiazole rings is 1. The van der Waals surface area contributed by atoms with Gasteiger partial charge in [0.25, 0.3) is 5.91 Å². The molecule has 0 spiro atoms. The summed E-state index contributed by atoms with van der Waals surface area (Å²) >= 11 is 1.42. The third-order valence-corrected chi connectivity index (χ3v) is 6.73. The predicted molar refractivity (Wildman–Crippen MR) is 118 cm³/mol. The molecule has 1 N–H and O–H groups in total. The lowest BCUT2D eigenvalue weighted by Gasteiger charge is -2.38. The number of ether oxygens (including phenoxy) is 1. The minimum atomic E-state index is -0.222. The van der Waals surface area contributed by atoms with Gasteiger partial charge in [-0.15, -0.1) is 5.10 Å². The predicted octanol–water partition coefficient (Wildman–Crippen LogP) is 2.95. The fraction of sp³-hybridized carbons (Fsp3) is 0.318. The molecule has 4 aromatic rings. The number of hydrogen-bond donors (Lipinski definition) is 1. The summed E-state index contributed by atoms with van der Waals surface area (Å²) in [5.41, 5.74) is 0.992. The number of aromatic nitrogens is 3. The molecule has 0 bridgehead atoms. The number of carbonyl (C=O) groups is 1. The van der Waals surface area contributed by atoms with E-state index in [1.165, 1.54) is 22.1 Å². The van der Waals surface area contributed by atoms with Crippen LogP contribution in [0.5, 0.6) is 11.6 Å². The van der Waals surface area contributed by atoms with Crippen molar-refractivity contribution < 1.29 is 19.1 Å². The van der Waals surface area contributed by atoms with Crippen LogP contribution < -0.4 is 4.74 Å². The molecular weight excluding hydrogens is 430 g/mol. The van der Waals surface area contributed by atoms with Crippen molar-refractivity contribution in [3.8, 4) is 11.6 Å².